The lowest BCUT2D eigenvalue weighted by Gasteiger charge is -2.31. The number of nitrogens with one attached hydrogen (secondary N) is 1. The molecule has 1 saturated carbocycles. The van der Waals surface area contributed by atoms with Crippen LogP contribution in [0.5, 0.6) is 0 Å². The van der Waals surface area contributed by atoms with E-state index in [0.29, 0.717) is 22.8 Å². The van der Waals surface area contributed by atoms with Crippen molar-refractivity contribution in [1.82, 2.24) is 20.4 Å². The molecule has 2 heterocycles. The van der Waals surface area contributed by atoms with Gasteiger partial charge in [-0.15, -0.1) is 12.4 Å². The van der Waals surface area contributed by atoms with Crippen LogP contribution in [0.1, 0.15) is 31.6 Å². The number of nitrogens with zero attached hydrogens (tertiary/aromatic N) is 3. The molecule has 4 rings (SSSR count). The normalized spacial score (nSPS) is 18.9. The Bertz CT molecular complexity index is 681. The van der Waals surface area contributed by atoms with Crippen molar-refractivity contribution in [2.45, 2.75) is 38.3 Å². The van der Waals surface area contributed by atoms with Gasteiger partial charge >= 0.3 is 0 Å². The molecule has 5 nitrogen and oxygen atoms in total. The van der Waals surface area contributed by atoms with Crippen molar-refractivity contribution in [2.75, 3.05) is 19.6 Å². The van der Waals surface area contributed by atoms with E-state index in [1.54, 1.807) is 0 Å². The molecule has 0 atom stereocenters. The molecule has 1 N–H and O–H groups in total. The minimum atomic E-state index is 0. The fourth-order valence-electron chi connectivity index (χ4n) is 3.21. The van der Waals surface area contributed by atoms with E-state index >= 15 is 0 Å². The highest BCUT2D eigenvalue weighted by atomic mass is 35.5. The van der Waals surface area contributed by atoms with Crippen LogP contribution in [-0.2, 0) is 6.54 Å². The quantitative estimate of drug-likeness (QED) is 0.823. The minimum Gasteiger partial charge on any atom is -0.338 e. The maximum Gasteiger partial charge on any atom is 0.241 e. The standard InChI is InChI=1S/C18H23ClN4O.ClH/c19-15-3-1-2-14(10-15)18-21-17(24-22-18)12-23-8-6-16(7-9-23)20-11-13-4-5-13;/h1-3,10,13,16,20H,4-9,11-12H2;1H. The minimum absolute atomic E-state index is 0. The summed E-state index contributed by atoms with van der Waals surface area (Å²) in [5.41, 5.74) is 0.889. The van der Waals surface area contributed by atoms with Crippen LogP contribution in [0.3, 0.4) is 0 Å². The summed E-state index contributed by atoms with van der Waals surface area (Å²) in [5.74, 6) is 2.23. The third-order valence-electron chi connectivity index (χ3n) is 4.89. The van der Waals surface area contributed by atoms with Crippen LogP contribution in [-0.4, -0.2) is 40.7 Å². The second-order valence-electron chi connectivity index (χ2n) is 6.92. The number of aromatic nitrogens is 2. The highest BCUT2D eigenvalue weighted by Gasteiger charge is 2.25. The zero-order valence-electron chi connectivity index (χ0n) is 14.2. The van der Waals surface area contributed by atoms with Gasteiger partial charge in [-0.3, -0.25) is 4.90 Å². The van der Waals surface area contributed by atoms with Crippen LogP contribution in [0.2, 0.25) is 5.02 Å². The lowest BCUT2D eigenvalue weighted by atomic mass is 10.0. The third-order valence-corrected chi connectivity index (χ3v) is 5.12. The molecule has 1 aromatic heterocycles. The molecule has 1 aliphatic carbocycles. The SMILES string of the molecule is Cl.Clc1cccc(-c2noc(CN3CCC(NCC4CC4)CC3)n2)c1. The molecule has 0 unspecified atom stereocenters. The van der Waals surface area contributed by atoms with Gasteiger partial charge in [0, 0.05) is 29.7 Å². The maximum absolute atomic E-state index is 6.02. The van der Waals surface area contributed by atoms with Crippen molar-refractivity contribution in [3.63, 3.8) is 0 Å². The Kier molecular flexibility index (Phi) is 6.34. The molecular formula is C18H24Cl2N4O. The average Bonchev–Trinajstić information content (AvgIpc) is 3.31. The van der Waals surface area contributed by atoms with Crippen LogP contribution in [0.15, 0.2) is 28.8 Å². The monoisotopic (exact) mass is 382 g/mol. The van der Waals surface area contributed by atoms with Crippen molar-refractivity contribution < 1.29 is 4.52 Å². The van der Waals surface area contributed by atoms with E-state index in [2.05, 4.69) is 20.4 Å². The van der Waals surface area contributed by atoms with E-state index in [1.807, 2.05) is 24.3 Å². The summed E-state index contributed by atoms with van der Waals surface area (Å²) < 4.78 is 5.41. The first-order chi connectivity index (χ1) is 11.8. The van der Waals surface area contributed by atoms with Crippen molar-refractivity contribution in [3.05, 3.63) is 35.2 Å². The number of piperidine rings is 1. The van der Waals surface area contributed by atoms with Crippen molar-refractivity contribution in [1.29, 1.82) is 0 Å². The van der Waals surface area contributed by atoms with Crippen molar-refractivity contribution >= 4 is 24.0 Å². The first-order valence-electron chi connectivity index (χ1n) is 8.80. The summed E-state index contributed by atoms with van der Waals surface area (Å²) in [7, 11) is 0. The third kappa shape index (κ3) is 5.17. The fourth-order valence-corrected chi connectivity index (χ4v) is 3.40. The second-order valence-corrected chi connectivity index (χ2v) is 7.36. The average molecular weight is 383 g/mol. The van der Waals surface area contributed by atoms with Gasteiger partial charge < -0.3 is 9.84 Å². The summed E-state index contributed by atoms with van der Waals surface area (Å²) in [6.45, 7) is 4.09. The predicted octanol–water partition coefficient (Wildman–Crippen LogP) is 3.78. The highest BCUT2D eigenvalue weighted by Crippen LogP contribution is 2.28. The van der Waals surface area contributed by atoms with E-state index in [4.69, 9.17) is 16.1 Å². The number of benzene rings is 1. The van der Waals surface area contributed by atoms with Gasteiger partial charge in [0.2, 0.25) is 11.7 Å². The molecule has 136 valence electrons. The Balaban J connectivity index is 0.00000182. The molecular weight excluding hydrogens is 359 g/mol. The molecule has 2 aromatic rings. The number of likely N-dealkylation sites (tertiary alicyclic amines) is 1. The Morgan fingerprint density at radius 3 is 2.72 bits per heavy atom. The molecule has 7 heteroatoms. The van der Waals surface area contributed by atoms with Gasteiger partial charge in [0.15, 0.2) is 0 Å². The van der Waals surface area contributed by atoms with Crippen molar-refractivity contribution in [3.8, 4) is 11.4 Å². The summed E-state index contributed by atoms with van der Waals surface area (Å²) in [6, 6.07) is 8.21. The van der Waals surface area contributed by atoms with Crippen LogP contribution < -0.4 is 5.32 Å². The van der Waals surface area contributed by atoms with Crippen LogP contribution in [0.25, 0.3) is 11.4 Å². The molecule has 0 spiro atoms. The van der Waals surface area contributed by atoms with E-state index < -0.39 is 0 Å². The molecule has 2 fully saturated rings. The number of hydrogen-bond donors (Lipinski definition) is 1. The molecule has 0 bridgehead atoms. The lowest BCUT2D eigenvalue weighted by molar-refractivity contribution is 0.170. The molecule has 0 amide bonds. The second kappa shape index (κ2) is 8.49. The van der Waals surface area contributed by atoms with Gasteiger partial charge in [-0.1, -0.05) is 28.9 Å². The summed E-state index contributed by atoms with van der Waals surface area (Å²) >= 11 is 6.02. The number of halogens is 2. The van der Waals surface area contributed by atoms with E-state index in [9.17, 15) is 0 Å². The van der Waals surface area contributed by atoms with Crippen LogP contribution in [0, 0.1) is 5.92 Å². The Morgan fingerprint density at radius 2 is 2.00 bits per heavy atom. The van der Waals surface area contributed by atoms with E-state index in [0.717, 1.165) is 31.1 Å². The zero-order valence-corrected chi connectivity index (χ0v) is 15.7. The predicted molar refractivity (Wildman–Crippen MR) is 101 cm³/mol. The van der Waals surface area contributed by atoms with Crippen LogP contribution in [0.4, 0.5) is 0 Å². The molecule has 2 aliphatic rings. The Hall–Kier alpha value is -1.14. The molecule has 1 aliphatic heterocycles. The van der Waals surface area contributed by atoms with Gasteiger partial charge in [0.25, 0.3) is 0 Å². The van der Waals surface area contributed by atoms with Gasteiger partial charge in [0.05, 0.1) is 6.54 Å². The highest BCUT2D eigenvalue weighted by molar-refractivity contribution is 6.30. The maximum atomic E-state index is 6.02. The smallest absolute Gasteiger partial charge is 0.241 e. The topological polar surface area (TPSA) is 54.2 Å². The summed E-state index contributed by atoms with van der Waals surface area (Å²) in [6.07, 6.45) is 5.22. The van der Waals surface area contributed by atoms with Gasteiger partial charge in [-0.25, -0.2) is 0 Å². The van der Waals surface area contributed by atoms with E-state index in [1.165, 1.54) is 32.2 Å². The molecule has 1 saturated heterocycles. The Morgan fingerprint density at radius 1 is 1.20 bits per heavy atom. The molecule has 25 heavy (non-hydrogen) atoms. The summed E-state index contributed by atoms with van der Waals surface area (Å²) in [4.78, 5) is 6.90. The van der Waals surface area contributed by atoms with Crippen LogP contribution >= 0.6 is 24.0 Å². The van der Waals surface area contributed by atoms with Gasteiger partial charge in [-0.05, 0) is 50.3 Å². The lowest BCUT2D eigenvalue weighted by Crippen LogP contribution is -2.42. The van der Waals surface area contributed by atoms with E-state index in [-0.39, 0.29) is 12.4 Å². The molecule has 1 aromatic carbocycles. The molecule has 0 radical (unpaired) electrons. The van der Waals surface area contributed by atoms with Crippen molar-refractivity contribution in [2.24, 2.45) is 5.92 Å². The fraction of sp³-hybridized carbons (Fsp3) is 0.556. The Labute approximate surface area is 159 Å². The number of hydrogen-bond acceptors (Lipinski definition) is 5. The first kappa shape index (κ1) is 18.6. The largest absolute Gasteiger partial charge is 0.338 e. The summed E-state index contributed by atoms with van der Waals surface area (Å²) in [5, 5.41) is 8.47. The first-order valence-corrected chi connectivity index (χ1v) is 9.18. The number of rotatable bonds is 6. The zero-order chi connectivity index (χ0) is 16.4. The van der Waals surface area contributed by atoms with Gasteiger partial charge in [-0.2, -0.15) is 4.98 Å². The van der Waals surface area contributed by atoms with Gasteiger partial charge in [0.1, 0.15) is 0 Å².